The molecule has 0 unspecified atom stereocenters. The summed E-state index contributed by atoms with van der Waals surface area (Å²) in [5, 5.41) is 0.940. The fourth-order valence-corrected chi connectivity index (χ4v) is 5.20. The molecule has 1 aliphatic heterocycles. The number of hydrogen-bond donors (Lipinski definition) is 1. The lowest BCUT2D eigenvalue weighted by molar-refractivity contribution is -0.143. The molecule has 204 valence electrons. The van der Waals surface area contributed by atoms with Gasteiger partial charge in [0.15, 0.2) is 0 Å². The maximum atomic E-state index is 13.9. The number of hydrogen-bond acceptors (Lipinski definition) is 2. The second-order valence-corrected chi connectivity index (χ2v) is 9.69. The highest BCUT2D eigenvalue weighted by atomic mass is 19.4. The highest BCUT2D eigenvalue weighted by Crippen LogP contribution is 2.38. The SMILES string of the molecule is O=C(c1ccc(C(F)(F)F)cc1C(F)(F)F)N1CCN(Cc2ccccc2)C[C@H]1Cc1c[nH]c2ccccc12. The summed E-state index contributed by atoms with van der Waals surface area (Å²) in [6.07, 6.45) is -7.91. The number of rotatable bonds is 5. The van der Waals surface area contributed by atoms with E-state index >= 15 is 0 Å². The van der Waals surface area contributed by atoms with E-state index < -0.39 is 41.0 Å². The van der Waals surface area contributed by atoms with Gasteiger partial charge in [0.25, 0.3) is 5.91 Å². The number of benzene rings is 3. The van der Waals surface area contributed by atoms with Crippen molar-refractivity contribution in [2.24, 2.45) is 0 Å². The van der Waals surface area contributed by atoms with Gasteiger partial charge in [0.05, 0.1) is 16.7 Å². The Morgan fingerprint density at radius 2 is 1.59 bits per heavy atom. The fourth-order valence-electron chi connectivity index (χ4n) is 5.20. The lowest BCUT2D eigenvalue weighted by Gasteiger charge is -2.42. The molecule has 1 aliphatic rings. The third-order valence-corrected chi connectivity index (χ3v) is 7.09. The van der Waals surface area contributed by atoms with Crippen molar-refractivity contribution in [1.82, 2.24) is 14.8 Å². The lowest BCUT2D eigenvalue weighted by atomic mass is 9.97. The zero-order valence-electron chi connectivity index (χ0n) is 20.7. The summed E-state index contributed by atoms with van der Waals surface area (Å²) in [5.74, 6) is -0.930. The van der Waals surface area contributed by atoms with E-state index in [-0.39, 0.29) is 12.6 Å². The van der Waals surface area contributed by atoms with Gasteiger partial charge in [0.1, 0.15) is 0 Å². The molecule has 2 heterocycles. The molecule has 1 saturated heterocycles. The second kappa shape index (κ2) is 10.4. The molecule has 0 saturated carbocycles. The smallest absolute Gasteiger partial charge is 0.361 e. The maximum absolute atomic E-state index is 13.9. The number of fused-ring (bicyclic) bond motifs is 1. The van der Waals surface area contributed by atoms with Crippen LogP contribution in [0.1, 0.15) is 32.6 Å². The van der Waals surface area contributed by atoms with E-state index in [0.717, 1.165) is 22.0 Å². The van der Waals surface area contributed by atoms with Gasteiger partial charge in [0.2, 0.25) is 0 Å². The predicted molar refractivity (Wildman–Crippen MR) is 135 cm³/mol. The van der Waals surface area contributed by atoms with Gasteiger partial charge < -0.3 is 9.88 Å². The number of amides is 1. The highest BCUT2D eigenvalue weighted by Gasteiger charge is 2.41. The predicted octanol–water partition coefficient (Wildman–Crippen LogP) is 6.77. The van der Waals surface area contributed by atoms with E-state index in [1.807, 2.05) is 60.8 Å². The minimum atomic E-state index is -5.13. The van der Waals surface area contributed by atoms with Crippen LogP contribution in [0.3, 0.4) is 0 Å². The van der Waals surface area contributed by atoms with Crippen LogP contribution in [0.5, 0.6) is 0 Å². The first-order valence-corrected chi connectivity index (χ1v) is 12.4. The Bertz CT molecular complexity index is 1460. The van der Waals surface area contributed by atoms with Gasteiger partial charge in [-0.3, -0.25) is 9.69 Å². The summed E-state index contributed by atoms with van der Waals surface area (Å²) >= 11 is 0. The molecule has 5 rings (SSSR count). The summed E-state index contributed by atoms with van der Waals surface area (Å²) in [7, 11) is 0. The van der Waals surface area contributed by atoms with E-state index in [1.165, 1.54) is 4.90 Å². The summed E-state index contributed by atoms with van der Waals surface area (Å²) < 4.78 is 81.2. The van der Waals surface area contributed by atoms with E-state index in [9.17, 15) is 31.1 Å². The zero-order chi connectivity index (χ0) is 27.8. The molecule has 1 N–H and O–H groups in total. The number of aromatic amines is 1. The first-order valence-electron chi connectivity index (χ1n) is 12.4. The van der Waals surface area contributed by atoms with E-state index in [1.54, 1.807) is 0 Å². The quantitative estimate of drug-likeness (QED) is 0.281. The van der Waals surface area contributed by atoms with Crippen molar-refractivity contribution in [1.29, 1.82) is 0 Å². The van der Waals surface area contributed by atoms with Crippen LogP contribution in [0, 0.1) is 0 Å². The van der Waals surface area contributed by atoms with Crippen LogP contribution >= 0.6 is 0 Å². The molecule has 1 aromatic heterocycles. The van der Waals surface area contributed by atoms with E-state index in [2.05, 4.69) is 9.88 Å². The molecular formula is C29H25F6N3O. The molecule has 39 heavy (non-hydrogen) atoms. The van der Waals surface area contributed by atoms with Gasteiger partial charge in [-0.05, 0) is 41.8 Å². The van der Waals surface area contributed by atoms with Crippen LogP contribution in [0.25, 0.3) is 10.9 Å². The monoisotopic (exact) mass is 545 g/mol. The molecule has 3 aromatic carbocycles. The third-order valence-electron chi connectivity index (χ3n) is 7.09. The maximum Gasteiger partial charge on any atom is 0.417 e. The molecule has 10 heteroatoms. The highest BCUT2D eigenvalue weighted by molar-refractivity contribution is 5.96. The van der Waals surface area contributed by atoms with Gasteiger partial charge in [-0.2, -0.15) is 26.3 Å². The van der Waals surface area contributed by atoms with Crippen LogP contribution in [0.15, 0.2) is 79.0 Å². The van der Waals surface area contributed by atoms with Crippen LogP contribution in [-0.4, -0.2) is 46.4 Å². The number of para-hydroxylation sites is 1. The minimum absolute atomic E-state index is 0.0214. The molecule has 0 bridgehead atoms. The summed E-state index contributed by atoms with van der Waals surface area (Å²) in [4.78, 5) is 20.3. The number of nitrogens with zero attached hydrogens (tertiary/aromatic N) is 2. The van der Waals surface area contributed by atoms with Crippen LogP contribution in [0.2, 0.25) is 0 Å². The largest absolute Gasteiger partial charge is 0.417 e. The van der Waals surface area contributed by atoms with Crippen LogP contribution in [-0.2, 0) is 25.3 Å². The number of halogens is 6. The van der Waals surface area contributed by atoms with Gasteiger partial charge in [-0.15, -0.1) is 0 Å². The first kappa shape index (κ1) is 26.8. The Kier molecular flexibility index (Phi) is 7.15. The molecule has 1 fully saturated rings. The van der Waals surface area contributed by atoms with Crippen molar-refractivity contribution >= 4 is 16.8 Å². The Hall–Kier alpha value is -3.79. The van der Waals surface area contributed by atoms with Gasteiger partial charge in [0, 0.05) is 49.3 Å². The van der Waals surface area contributed by atoms with Crippen molar-refractivity contribution < 1.29 is 31.1 Å². The van der Waals surface area contributed by atoms with Crippen molar-refractivity contribution in [3.05, 3.63) is 107 Å². The average molecular weight is 546 g/mol. The number of carbonyl (C=O) groups is 1. The number of carbonyl (C=O) groups excluding carboxylic acids is 1. The number of H-pyrrole nitrogens is 1. The van der Waals surface area contributed by atoms with Crippen LogP contribution < -0.4 is 0 Å². The number of alkyl halides is 6. The molecule has 1 atom stereocenters. The molecule has 1 amide bonds. The summed E-state index contributed by atoms with van der Waals surface area (Å²) in [5.41, 5.74) is -0.960. The Morgan fingerprint density at radius 3 is 2.31 bits per heavy atom. The number of piperazine rings is 1. The second-order valence-electron chi connectivity index (χ2n) is 9.69. The lowest BCUT2D eigenvalue weighted by Crippen LogP contribution is -2.55. The molecule has 4 aromatic rings. The average Bonchev–Trinajstić information content (AvgIpc) is 3.30. The zero-order valence-corrected chi connectivity index (χ0v) is 20.7. The van der Waals surface area contributed by atoms with Crippen LogP contribution in [0.4, 0.5) is 26.3 Å². The Morgan fingerprint density at radius 1 is 0.872 bits per heavy atom. The first-order chi connectivity index (χ1) is 18.5. The fraction of sp³-hybridized carbons (Fsp3) is 0.276. The molecular weight excluding hydrogens is 520 g/mol. The van der Waals surface area contributed by atoms with Crippen molar-refractivity contribution in [2.75, 3.05) is 19.6 Å². The topological polar surface area (TPSA) is 39.3 Å². The van der Waals surface area contributed by atoms with Crippen molar-refractivity contribution in [2.45, 2.75) is 31.4 Å². The summed E-state index contributed by atoms with van der Waals surface area (Å²) in [6.45, 7) is 1.54. The normalized spacial score (nSPS) is 17.1. The Balaban J connectivity index is 1.48. The number of aromatic nitrogens is 1. The van der Waals surface area contributed by atoms with E-state index in [0.29, 0.717) is 38.2 Å². The van der Waals surface area contributed by atoms with Crippen molar-refractivity contribution in [3.8, 4) is 0 Å². The summed E-state index contributed by atoms with van der Waals surface area (Å²) in [6, 6.07) is 18.0. The third kappa shape index (κ3) is 5.80. The molecule has 0 spiro atoms. The number of nitrogens with one attached hydrogen (secondary N) is 1. The molecule has 4 nitrogen and oxygen atoms in total. The molecule has 0 aliphatic carbocycles. The molecule has 0 radical (unpaired) electrons. The van der Waals surface area contributed by atoms with Gasteiger partial charge >= 0.3 is 12.4 Å². The van der Waals surface area contributed by atoms with Gasteiger partial charge in [-0.25, -0.2) is 0 Å². The van der Waals surface area contributed by atoms with Gasteiger partial charge in [-0.1, -0.05) is 48.5 Å². The van der Waals surface area contributed by atoms with E-state index in [4.69, 9.17) is 0 Å². The Labute approximate surface area is 220 Å². The minimum Gasteiger partial charge on any atom is -0.361 e. The van der Waals surface area contributed by atoms with Crippen molar-refractivity contribution in [3.63, 3.8) is 0 Å². The standard InChI is InChI=1S/C29H25F6N3O/c30-28(31,32)21-10-11-24(25(15-21)29(33,34)35)27(39)38-13-12-37(17-19-6-2-1-3-7-19)18-22(38)14-20-16-36-26-9-5-4-8-23(20)26/h1-11,15-16,22,36H,12-14,17-18H2/t22-/m1/s1.